The van der Waals surface area contributed by atoms with Crippen LogP contribution in [0.4, 0.5) is 0 Å². The van der Waals surface area contributed by atoms with Crippen molar-refractivity contribution in [3.8, 4) is 0 Å². The van der Waals surface area contributed by atoms with Gasteiger partial charge >= 0.3 is 0 Å². The Kier molecular flexibility index (Phi) is 6.89. The molecule has 0 saturated heterocycles. The number of allylic oxidation sites excluding steroid dienone is 4. The van der Waals surface area contributed by atoms with Crippen molar-refractivity contribution >= 4 is 6.29 Å². The molecule has 0 heterocycles. The standard InChI is InChI=1S/C14H22O/c15-13-12-14-10-8-6-4-2-1-3-5-7-9-11-14/h2,4-5,7,13-14H,1,3,6,8-12H2/t14-/m0/s1. The van der Waals surface area contributed by atoms with Gasteiger partial charge in [0.2, 0.25) is 0 Å². The highest BCUT2D eigenvalue weighted by Crippen LogP contribution is 2.19. The first-order valence-corrected chi connectivity index (χ1v) is 6.17. The molecule has 0 amide bonds. The molecule has 1 nitrogen and oxygen atoms in total. The Labute approximate surface area is 93.3 Å². The van der Waals surface area contributed by atoms with Crippen LogP contribution in [0.1, 0.15) is 51.4 Å². The fraction of sp³-hybridized carbons (Fsp3) is 0.643. The van der Waals surface area contributed by atoms with E-state index in [0.29, 0.717) is 5.92 Å². The maximum atomic E-state index is 10.5. The molecule has 0 radical (unpaired) electrons. The van der Waals surface area contributed by atoms with Gasteiger partial charge in [-0.2, -0.15) is 0 Å². The van der Waals surface area contributed by atoms with Gasteiger partial charge in [-0.25, -0.2) is 0 Å². The van der Waals surface area contributed by atoms with Crippen molar-refractivity contribution < 1.29 is 4.79 Å². The third-order valence-electron chi connectivity index (χ3n) is 2.99. The fourth-order valence-electron chi connectivity index (χ4n) is 2.04. The van der Waals surface area contributed by atoms with Crippen LogP contribution in [0.15, 0.2) is 24.3 Å². The largest absolute Gasteiger partial charge is 0.303 e. The van der Waals surface area contributed by atoms with E-state index in [0.717, 1.165) is 25.5 Å². The van der Waals surface area contributed by atoms with Crippen LogP contribution in [0, 0.1) is 5.92 Å². The third kappa shape index (κ3) is 6.27. The Morgan fingerprint density at radius 2 is 1.60 bits per heavy atom. The quantitative estimate of drug-likeness (QED) is 0.492. The molecule has 1 aliphatic rings. The van der Waals surface area contributed by atoms with Crippen molar-refractivity contribution in [1.82, 2.24) is 0 Å². The first-order valence-electron chi connectivity index (χ1n) is 6.17. The fourth-order valence-corrected chi connectivity index (χ4v) is 2.04. The highest BCUT2D eigenvalue weighted by molar-refractivity contribution is 5.49. The Hall–Kier alpha value is -0.850. The van der Waals surface area contributed by atoms with E-state index in [1.807, 2.05) is 0 Å². The summed E-state index contributed by atoms with van der Waals surface area (Å²) in [6, 6.07) is 0. The molecule has 1 aliphatic carbocycles. The Bertz CT molecular complexity index is 215. The van der Waals surface area contributed by atoms with Crippen molar-refractivity contribution in [3.05, 3.63) is 24.3 Å². The molecule has 0 N–H and O–H groups in total. The lowest BCUT2D eigenvalue weighted by molar-refractivity contribution is -0.108. The van der Waals surface area contributed by atoms with Gasteiger partial charge in [0.15, 0.2) is 0 Å². The van der Waals surface area contributed by atoms with Crippen LogP contribution in [0.5, 0.6) is 0 Å². The Balaban J connectivity index is 2.37. The highest BCUT2D eigenvalue weighted by atomic mass is 16.1. The zero-order chi connectivity index (χ0) is 10.8. The van der Waals surface area contributed by atoms with Crippen LogP contribution in [-0.2, 0) is 4.79 Å². The van der Waals surface area contributed by atoms with E-state index >= 15 is 0 Å². The van der Waals surface area contributed by atoms with Gasteiger partial charge in [0.1, 0.15) is 6.29 Å². The predicted molar refractivity (Wildman–Crippen MR) is 64.8 cm³/mol. The van der Waals surface area contributed by atoms with Gasteiger partial charge < -0.3 is 4.79 Å². The first kappa shape index (κ1) is 12.2. The second-order valence-electron chi connectivity index (χ2n) is 4.30. The molecule has 0 aliphatic heterocycles. The summed E-state index contributed by atoms with van der Waals surface area (Å²) in [6.07, 6.45) is 19.2. The topological polar surface area (TPSA) is 17.1 Å². The van der Waals surface area contributed by atoms with Crippen molar-refractivity contribution in [1.29, 1.82) is 0 Å². The van der Waals surface area contributed by atoms with E-state index < -0.39 is 0 Å². The number of aldehydes is 1. The summed E-state index contributed by atoms with van der Waals surface area (Å²) in [4.78, 5) is 10.5. The van der Waals surface area contributed by atoms with Gasteiger partial charge in [-0.15, -0.1) is 0 Å². The second-order valence-corrected chi connectivity index (χ2v) is 4.30. The second kappa shape index (κ2) is 8.46. The van der Waals surface area contributed by atoms with Gasteiger partial charge in [-0.3, -0.25) is 0 Å². The summed E-state index contributed by atoms with van der Waals surface area (Å²) >= 11 is 0. The summed E-state index contributed by atoms with van der Waals surface area (Å²) in [5.41, 5.74) is 0. The van der Waals surface area contributed by atoms with Crippen LogP contribution in [0.3, 0.4) is 0 Å². The van der Waals surface area contributed by atoms with Gasteiger partial charge in [0.05, 0.1) is 0 Å². The zero-order valence-electron chi connectivity index (χ0n) is 9.53. The summed E-state index contributed by atoms with van der Waals surface area (Å²) in [6.45, 7) is 0. The van der Waals surface area contributed by atoms with Gasteiger partial charge in [0, 0.05) is 6.42 Å². The summed E-state index contributed by atoms with van der Waals surface area (Å²) in [7, 11) is 0. The minimum Gasteiger partial charge on any atom is -0.303 e. The molecule has 1 atom stereocenters. The molecule has 1 rings (SSSR count). The number of carbonyl (C=O) groups is 1. The van der Waals surface area contributed by atoms with E-state index in [-0.39, 0.29) is 0 Å². The molecule has 1 heteroatoms. The molecular weight excluding hydrogens is 184 g/mol. The normalized spacial score (nSPS) is 24.1. The number of carbonyl (C=O) groups excluding carboxylic acids is 1. The van der Waals surface area contributed by atoms with Crippen molar-refractivity contribution in [2.45, 2.75) is 51.4 Å². The predicted octanol–water partition coefficient (Wildman–Crippen LogP) is 4.05. The van der Waals surface area contributed by atoms with Crippen LogP contribution < -0.4 is 0 Å². The van der Waals surface area contributed by atoms with Crippen LogP contribution >= 0.6 is 0 Å². The number of hydrogen-bond acceptors (Lipinski definition) is 1. The molecule has 0 unspecified atom stereocenters. The SMILES string of the molecule is O=CC[C@@H]1CCC=CCCC=CCCC1. The zero-order valence-corrected chi connectivity index (χ0v) is 9.53. The average molecular weight is 206 g/mol. The van der Waals surface area contributed by atoms with E-state index in [4.69, 9.17) is 0 Å². The third-order valence-corrected chi connectivity index (χ3v) is 2.99. The van der Waals surface area contributed by atoms with E-state index in [1.165, 1.54) is 32.1 Å². The lowest BCUT2D eigenvalue weighted by atomic mass is 9.93. The van der Waals surface area contributed by atoms with Crippen LogP contribution in [0.2, 0.25) is 0 Å². The number of hydrogen-bond donors (Lipinski definition) is 0. The first-order chi connectivity index (χ1) is 7.43. The van der Waals surface area contributed by atoms with Crippen molar-refractivity contribution in [3.63, 3.8) is 0 Å². The summed E-state index contributed by atoms with van der Waals surface area (Å²) in [5, 5.41) is 0. The van der Waals surface area contributed by atoms with Crippen LogP contribution in [-0.4, -0.2) is 6.29 Å². The van der Waals surface area contributed by atoms with E-state index in [2.05, 4.69) is 24.3 Å². The molecular formula is C14H22O. The lowest BCUT2D eigenvalue weighted by Gasteiger charge is -2.12. The van der Waals surface area contributed by atoms with Crippen molar-refractivity contribution in [2.75, 3.05) is 0 Å². The molecule has 0 aromatic heterocycles. The highest BCUT2D eigenvalue weighted by Gasteiger charge is 2.06. The minimum absolute atomic E-state index is 0.611. The minimum atomic E-state index is 0.611. The Morgan fingerprint density at radius 1 is 0.933 bits per heavy atom. The molecule has 84 valence electrons. The molecule has 0 aromatic carbocycles. The maximum absolute atomic E-state index is 10.5. The van der Waals surface area contributed by atoms with Gasteiger partial charge in [-0.1, -0.05) is 24.3 Å². The van der Waals surface area contributed by atoms with Crippen LogP contribution in [0.25, 0.3) is 0 Å². The maximum Gasteiger partial charge on any atom is 0.120 e. The smallest absolute Gasteiger partial charge is 0.120 e. The van der Waals surface area contributed by atoms with E-state index in [1.54, 1.807) is 0 Å². The average Bonchev–Trinajstić information content (AvgIpc) is 2.22. The Morgan fingerprint density at radius 3 is 2.33 bits per heavy atom. The lowest BCUT2D eigenvalue weighted by Crippen LogP contribution is -2.01. The van der Waals surface area contributed by atoms with Crippen molar-refractivity contribution in [2.24, 2.45) is 5.92 Å². The van der Waals surface area contributed by atoms with Gasteiger partial charge in [0.25, 0.3) is 0 Å². The number of rotatable bonds is 2. The molecule has 0 bridgehead atoms. The molecule has 0 fully saturated rings. The molecule has 15 heavy (non-hydrogen) atoms. The molecule has 0 spiro atoms. The molecule has 0 saturated carbocycles. The van der Waals surface area contributed by atoms with Gasteiger partial charge in [-0.05, 0) is 50.9 Å². The summed E-state index contributed by atoms with van der Waals surface area (Å²) in [5.74, 6) is 0.611. The molecule has 0 aromatic rings. The summed E-state index contributed by atoms with van der Waals surface area (Å²) < 4.78 is 0. The van der Waals surface area contributed by atoms with E-state index in [9.17, 15) is 4.79 Å². The monoisotopic (exact) mass is 206 g/mol.